The molecule has 0 fully saturated rings. The van der Waals surface area contributed by atoms with Crippen LogP contribution in [0.3, 0.4) is 0 Å². The van der Waals surface area contributed by atoms with Gasteiger partial charge in [0.1, 0.15) is 4.88 Å². The summed E-state index contributed by atoms with van der Waals surface area (Å²) in [5.41, 5.74) is 1.26. The molecule has 1 aromatic heterocycles. The van der Waals surface area contributed by atoms with Crippen molar-refractivity contribution in [1.29, 1.82) is 0 Å². The molecule has 0 aliphatic rings. The SMILES string of the molecule is CCOC(=O)c1sc(-c2ccccc2)cc1NC(=O)COc1ccccc1F. The van der Waals surface area contributed by atoms with E-state index in [0.717, 1.165) is 10.4 Å². The highest BCUT2D eigenvalue weighted by Gasteiger charge is 2.20. The summed E-state index contributed by atoms with van der Waals surface area (Å²) in [5.74, 6) is -1.59. The fourth-order valence-corrected chi connectivity index (χ4v) is 3.48. The van der Waals surface area contributed by atoms with E-state index < -0.39 is 17.7 Å². The van der Waals surface area contributed by atoms with Gasteiger partial charge in [-0.15, -0.1) is 11.3 Å². The molecule has 3 rings (SSSR count). The second-order valence-corrected chi connectivity index (χ2v) is 6.76. The lowest BCUT2D eigenvalue weighted by atomic mass is 10.2. The topological polar surface area (TPSA) is 64.6 Å². The van der Waals surface area contributed by atoms with Crippen molar-refractivity contribution in [2.45, 2.75) is 6.92 Å². The average Bonchev–Trinajstić information content (AvgIpc) is 3.12. The molecule has 1 heterocycles. The molecule has 0 radical (unpaired) electrons. The first-order chi connectivity index (χ1) is 13.6. The van der Waals surface area contributed by atoms with Crippen molar-refractivity contribution in [3.63, 3.8) is 0 Å². The Morgan fingerprint density at radius 1 is 1.07 bits per heavy atom. The van der Waals surface area contributed by atoms with E-state index in [1.807, 2.05) is 30.3 Å². The van der Waals surface area contributed by atoms with Crippen molar-refractivity contribution in [3.8, 4) is 16.2 Å². The third-order valence-corrected chi connectivity index (χ3v) is 4.88. The zero-order valence-corrected chi connectivity index (χ0v) is 15.9. The molecule has 0 saturated carbocycles. The Hall–Kier alpha value is -3.19. The molecule has 1 N–H and O–H groups in total. The Balaban J connectivity index is 1.77. The Kier molecular flexibility index (Phi) is 6.39. The summed E-state index contributed by atoms with van der Waals surface area (Å²) in [5, 5.41) is 2.65. The van der Waals surface area contributed by atoms with Gasteiger partial charge in [-0.05, 0) is 30.7 Å². The van der Waals surface area contributed by atoms with Crippen LogP contribution < -0.4 is 10.1 Å². The van der Waals surface area contributed by atoms with E-state index in [2.05, 4.69) is 5.32 Å². The van der Waals surface area contributed by atoms with E-state index in [4.69, 9.17) is 9.47 Å². The quantitative estimate of drug-likeness (QED) is 0.583. The third-order valence-electron chi connectivity index (χ3n) is 3.72. The number of ether oxygens (including phenoxy) is 2. The summed E-state index contributed by atoms with van der Waals surface area (Å²) in [6.07, 6.45) is 0. The normalized spacial score (nSPS) is 10.4. The fraction of sp³-hybridized carbons (Fsp3) is 0.143. The number of halogens is 1. The molecule has 0 aliphatic heterocycles. The molecular weight excluding hydrogens is 381 g/mol. The number of carbonyl (C=O) groups is 2. The molecule has 3 aromatic rings. The van der Waals surface area contributed by atoms with Crippen LogP contribution in [0.5, 0.6) is 5.75 Å². The summed E-state index contributed by atoms with van der Waals surface area (Å²) in [6, 6.07) is 17.0. The van der Waals surface area contributed by atoms with Crippen LogP contribution in [0.1, 0.15) is 16.6 Å². The molecule has 2 aromatic carbocycles. The molecule has 5 nitrogen and oxygen atoms in total. The van der Waals surface area contributed by atoms with Gasteiger partial charge in [0.25, 0.3) is 5.91 Å². The largest absolute Gasteiger partial charge is 0.481 e. The maximum Gasteiger partial charge on any atom is 0.350 e. The van der Waals surface area contributed by atoms with Gasteiger partial charge in [0.2, 0.25) is 0 Å². The maximum atomic E-state index is 13.6. The number of benzene rings is 2. The van der Waals surface area contributed by atoms with Gasteiger partial charge in [0.15, 0.2) is 18.2 Å². The fourth-order valence-electron chi connectivity index (χ4n) is 2.47. The van der Waals surface area contributed by atoms with Crippen molar-refractivity contribution >= 4 is 28.9 Å². The van der Waals surface area contributed by atoms with E-state index in [-0.39, 0.29) is 19.0 Å². The number of thiophene rings is 1. The summed E-state index contributed by atoms with van der Waals surface area (Å²) in [7, 11) is 0. The van der Waals surface area contributed by atoms with Gasteiger partial charge >= 0.3 is 5.97 Å². The number of hydrogen-bond acceptors (Lipinski definition) is 5. The van der Waals surface area contributed by atoms with Crippen LogP contribution in [0.2, 0.25) is 0 Å². The molecule has 0 spiro atoms. The van der Waals surface area contributed by atoms with Gasteiger partial charge < -0.3 is 14.8 Å². The second kappa shape index (κ2) is 9.14. The molecule has 0 aliphatic carbocycles. The number of para-hydroxylation sites is 1. The number of rotatable bonds is 7. The van der Waals surface area contributed by atoms with Gasteiger partial charge in [-0.3, -0.25) is 4.79 Å². The molecule has 0 saturated heterocycles. The minimum atomic E-state index is -0.551. The number of nitrogens with one attached hydrogen (secondary N) is 1. The number of amides is 1. The summed E-state index contributed by atoms with van der Waals surface area (Å²) >= 11 is 1.23. The molecule has 7 heteroatoms. The molecule has 0 bridgehead atoms. The molecular formula is C21H18FNO4S. The second-order valence-electron chi connectivity index (χ2n) is 5.71. The summed E-state index contributed by atoms with van der Waals surface area (Å²) in [4.78, 5) is 25.6. The molecule has 0 unspecified atom stereocenters. The van der Waals surface area contributed by atoms with Crippen molar-refractivity contribution < 1.29 is 23.5 Å². The van der Waals surface area contributed by atoms with Crippen LogP contribution in [-0.2, 0) is 9.53 Å². The predicted molar refractivity (Wildman–Crippen MR) is 106 cm³/mol. The Labute approximate surface area is 165 Å². The highest BCUT2D eigenvalue weighted by molar-refractivity contribution is 7.18. The molecule has 0 atom stereocenters. The monoisotopic (exact) mass is 399 g/mol. The Bertz CT molecular complexity index is 972. The first kappa shape index (κ1) is 19.6. The third kappa shape index (κ3) is 4.75. The minimum absolute atomic E-state index is 0.0152. The highest BCUT2D eigenvalue weighted by atomic mass is 32.1. The van der Waals surface area contributed by atoms with Crippen molar-refractivity contribution in [2.24, 2.45) is 0 Å². The van der Waals surface area contributed by atoms with Crippen LogP contribution >= 0.6 is 11.3 Å². The Morgan fingerprint density at radius 2 is 1.79 bits per heavy atom. The van der Waals surface area contributed by atoms with E-state index in [1.165, 1.54) is 29.5 Å². The van der Waals surface area contributed by atoms with Crippen LogP contribution in [0.25, 0.3) is 10.4 Å². The zero-order chi connectivity index (χ0) is 19.9. The van der Waals surface area contributed by atoms with E-state index in [9.17, 15) is 14.0 Å². The van der Waals surface area contributed by atoms with Crippen LogP contribution in [-0.4, -0.2) is 25.1 Å². The lowest BCUT2D eigenvalue weighted by Gasteiger charge is -2.08. The van der Waals surface area contributed by atoms with Crippen molar-refractivity contribution in [3.05, 3.63) is 71.4 Å². The van der Waals surface area contributed by atoms with Gasteiger partial charge in [-0.25, -0.2) is 9.18 Å². The van der Waals surface area contributed by atoms with Gasteiger partial charge in [-0.2, -0.15) is 0 Å². The summed E-state index contributed by atoms with van der Waals surface area (Å²) in [6.45, 7) is 1.55. The first-order valence-corrected chi connectivity index (χ1v) is 9.43. The number of anilines is 1. The van der Waals surface area contributed by atoms with Crippen molar-refractivity contribution in [2.75, 3.05) is 18.5 Å². The minimum Gasteiger partial charge on any atom is -0.481 e. The highest BCUT2D eigenvalue weighted by Crippen LogP contribution is 2.35. The zero-order valence-electron chi connectivity index (χ0n) is 15.1. The van der Waals surface area contributed by atoms with Gasteiger partial charge in [0, 0.05) is 4.88 Å². The van der Waals surface area contributed by atoms with E-state index in [1.54, 1.807) is 19.1 Å². The molecule has 28 heavy (non-hydrogen) atoms. The molecule has 1 amide bonds. The standard InChI is InChI=1S/C21H18FNO4S/c1-2-26-21(25)20-16(12-18(28-20)14-8-4-3-5-9-14)23-19(24)13-27-17-11-7-6-10-15(17)22/h3-12H,2,13H2,1H3,(H,23,24). The lowest BCUT2D eigenvalue weighted by molar-refractivity contribution is -0.118. The van der Waals surface area contributed by atoms with Gasteiger partial charge in [0.05, 0.1) is 12.3 Å². The Morgan fingerprint density at radius 3 is 2.50 bits per heavy atom. The van der Waals surface area contributed by atoms with E-state index >= 15 is 0 Å². The lowest BCUT2D eigenvalue weighted by Crippen LogP contribution is -2.21. The number of hydrogen-bond donors (Lipinski definition) is 1. The number of carbonyl (C=O) groups excluding carboxylic acids is 2. The van der Waals surface area contributed by atoms with Crippen LogP contribution in [0.15, 0.2) is 60.7 Å². The summed E-state index contributed by atoms with van der Waals surface area (Å²) < 4.78 is 23.9. The van der Waals surface area contributed by atoms with Crippen molar-refractivity contribution in [1.82, 2.24) is 0 Å². The number of esters is 1. The first-order valence-electron chi connectivity index (χ1n) is 8.62. The van der Waals surface area contributed by atoms with E-state index in [0.29, 0.717) is 10.6 Å². The van der Waals surface area contributed by atoms with Gasteiger partial charge in [-0.1, -0.05) is 42.5 Å². The maximum absolute atomic E-state index is 13.6. The smallest absolute Gasteiger partial charge is 0.350 e. The van der Waals surface area contributed by atoms with Crippen LogP contribution in [0.4, 0.5) is 10.1 Å². The average molecular weight is 399 g/mol. The molecule has 144 valence electrons. The van der Waals surface area contributed by atoms with Crippen LogP contribution in [0, 0.1) is 5.82 Å². The predicted octanol–water partition coefficient (Wildman–Crippen LogP) is 4.75.